The van der Waals surface area contributed by atoms with Crippen LogP contribution in [-0.2, 0) is 12.0 Å². The van der Waals surface area contributed by atoms with Gasteiger partial charge < -0.3 is 5.11 Å². The van der Waals surface area contributed by atoms with Crippen molar-refractivity contribution in [1.82, 2.24) is 9.78 Å². The Morgan fingerprint density at radius 2 is 2.27 bits per heavy atom. The first kappa shape index (κ1) is 11.5. The maximum Gasteiger partial charge on any atom is 0.354 e. The van der Waals surface area contributed by atoms with Crippen LogP contribution in [0.4, 0.5) is 0 Å². The number of rotatable bonds is 3. The van der Waals surface area contributed by atoms with Crippen LogP contribution in [0.2, 0.25) is 0 Å². The largest absolute Gasteiger partial charge is 0.477 e. The minimum absolute atomic E-state index is 0.142. The summed E-state index contributed by atoms with van der Waals surface area (Å²) in [7, 11) is 0. The van der Waals surface area contributed by atoms with Gasteiger partial charge in [0.25, 0.3) is 0 Å². The molecule has 0 aliphatic rings. The fourth-order valence-corrected chi connectivity index (χ4v) is 1.22. The maximum absolute atomic E-state index is 10.9. The van der Waals surface area contributed by atoms with Crippen LogP contribution in [0.25, 0.3) is 0 Å². The Morgan fingerprint density at radius 3 is 2.67 bits per heavy atom. The Labute approximate surface area is 89.2 Å². The van der Waals surface area contributed by atoms with Gasteiger partial charge in [0.1, 0.15) is 5.69 Å². The molecule has 0 radical (unpaired) electrons. The van der Waals surface area contributed by atoms with Crippen LogP contribution in [0.3, 0.4) is 0 Å². The van der Waals surface area contributed by atoms with Crippen LogP contribution in [0.15, 0.2) is 18.7 Å². The third kappa shape index (κ3) is 2.46. The molecule has 0 aliphatic heterocycles. The summed E-state index contributed by atoms with van der Waals surface area (Å²) in [6.07, 6.45) is 1.63. The fraction of sp³-hybridized carbons (Fsp3) is 0.455. The molecule has 1 aromatic rings. The predicted molar refractivity (Wildman–Crippen MR) is 58.1 cm³/mol. The van der Waals surface area contributed by atoms with Crippen LogP contribution in [0, 0.1) is 0 Å². The molecule has 0 bridgehead atoms. The van der Waals surface area contributed by atoms with Crippen LogP contribution < -0.4 is 0 Å². The second kappa shape index (κ2) is 3.88. The van der Waals surface area contributed by atoms with Crippen LogP contribution in [-0.4, -0.2) is 20.9 Å². The summed E-state index contributed by atoms with van der Waals surface area (Å²) < 4.78 is 1.45. The Balaban J connectivity index is 3.20. The van der Waals surface area contributed by atoms with Crippen molar-refractivity contribution >= 4 is 5.97 Å². The molecule has 1 N–H and O–H groups in total. The van der Waals surface area contributed by atoms with Crippen LogP contribution in [0.1, 0.15) is 37.0 Å². The number of carboxylic acids is 1. The normalized spacial score (nSPS) is 11.4. The van der Waals surface area contributed by atoms with Gasteiger partial charge in [-0.3, -0.25) is 4.68 Å². The third-order valence-corrected chi connectivity index (χ3v) is 2.07. The predicted octanol–water partition coefficient (Wildman–Crippen LogP) is 2.06. The second-order valence-electron chi connectivity index (χ2n) is 4.44. The lowest BCUT2D eigenvalue weighted by Crippen LogP contribution is -2.13. The van der Waals surface area contributed by atoms with Crippen molar-refractivity contribution in [2.24, 2.45) is 0 Å². The molecular weight excluding hydrogens is 192 g/mol. The van der Waals surface area contributed by atoms with Gasteiger partial charge in [0.05, 0.1) is 12.2 Å². The Hall–Kier alpha value is -1.58. The first-order valence-corrected chi connectivity index (χ1v) is 4.79. The van der Waals surface area contributed by atoms with E-state index < -0.39 is 5.97 Å². The Bertz CT molecular complexity index is 386. The molecule has 15 heavy (non-hydrogen) atoms. The number of carbonyl (C=O) groups is 1. The van der Waals surface area contributed by atoms with Crippen molar-refractivity contribution in [2.75, 3.05) is 0 Å². The van der Waals surface area contributed by atoms with E-state index in [1.165, 1.54) is 4.68 Å². The van der Waals surface area contributed by atoms with Gasteiger partial charge in [0, 0.05) is 5.41 Å². The zero-order valence-corrected chi connectivity index (χ0v) is 9.32. The minimum Gasteiger partial charge on any atom is -0.477 e. The van der Waals surface area contributed by atoms with Gasteiger partial charge in [0.15, 0.2) is 0 Å². The third-order valence-electron chi connectivity index (χ3n) is 2.07. The highest BCUT2D eigenvalue weighted by molar-refractivity contribution is 5.85. The number of hydrogen-bond donors (Lipinski definition) is 1. The number of allylic oxidation sites excluding steroid dienone is 1. The highest BCUT2D eigenvalue weighted by Gasteiger charge is 2.21. The van der Waals surface area contributed by atoms with Crippen LogP contribution >= 0.6 is 0 Å². The number of carboxylic acid groups (broad SMARTS) is 1. The van der Waals surface area contributed by atoms with E-state index in [1.807, 2.05) is 20.8 Å². The molecule has 0 saturated heterocycles. The summed E-state index contributed by atoms with van der Waals surface area (Å²) in [4.78, 5) is 10.9. The lowest BCUT2D eigenvalue weighted by molar-refractivity contribution is 0.0684. The number of hydrogen-bond acceptors (Lipinski definition) is 2. The zero-order chi connectivity index (χ0) is 11.6. The summed E-state index contributed by atoms with van der Waals surface area (Å²) in [6.45, 7) is 9.99. The summed E-state index contributed by atoms with van der Waals surface area (Å²) in [5, 5.41) is 13.2. The first-order chi connectivity index (χ1) is 6.86. The molecule has 0 saturated carbocycles. The molecule has 0 unspecified atom stereocenters. The molecule has 0 amide bonds. The SMILES string of the molecule is C=CCn1nc(C(C)(C)C)cc1C(=O)O. The molecule has 4 heteroatoms. The Kier molecular flexibility index (Phi) is 2.98. The van der Waals surface area contributed by atoms with Gasteiger partial charge in [-0.2, -0.15) is 5.10 Å². The summed E-state index contributed by atoms with van der Waals surface area (Å²) in [6, 6.07) is 1.62. The quantitative estimate of drug-likeness (QED) is 0.773. The summed E-state index contributed by atoms with van der Waals surface area (Å²) in [5.74, 6) is -0.958. The van der Waals surface area contributed by atoms with E-state index in [0.29, 0.717) is 6.54 Å². The van der Waals surface area contributed by atoms with E-state index >= 15 is 0 Å². The molecule has 0 aliphatic carbocycles. The zero-order valence-electron chi connectivity index (χ0n) is 9.32. The van der Waals surface area contributed by atoms with E-state index in [9.17, 15) is 4.79 Å². The van der Waals surface area contributed by atoms with Gasteiger partial charge in [-0.25, -0.2) is 4.79 Å². The van der Waals surface area contributed by atoms with E-state index in [4.69, 9.17) is 5.11 Å². The highest BCUT2D eigenvalue weighted by Crippen LogP contribution is 2.21. The van der Waals surface area contributed by atoms with Gasteiger partial charge in [-0.05, 0) is 6.07 Å². The van der Waals surface area contributed by atoms with Crippen LogP contribution in [0.5, 0.6) is 0 Å². The molecule has 0 atom stereocenters. The topological polar surface area (TPSA) is 55.1 Å². The van der Waals surface area contributed by atoms with Gasteiger partial charge >= 0.3 is 5.97 Å². The van der Waals surface area contributed by atoms with E-state index in [-0.39, 0.29) is 11.1 Å². The number of aromatic nitrogens is 2. The second-order valence-corrected chi connectivity index (χ2v) is 4.44. The molecule has 1 aromatic heterocycles. The van der Waals surface area contributed by atoms with Crippen molar-refractivity contribution < 1.29 is 9.90 Å². The van der Waals surface area contributed by atoms with Crippen molar-refractivity contribution in [3.05, 3.63) is 30.1 Å². The molecule has 82 valence electrons. The van der Waals surface area contributed by atoms with E-state index in [2.05, 4.69) is 11.7 Å². The van der Waals surface area contributed by atoms with Gasteiger partial charge in [-0.1, -0.05) is 26.8 Å². The number of nitrogens with zero attached hydrogens (tertiary/aromatic N) is 2. The molecule has 0 fully saturated rings. The standard InChI is InChI=1S/C11H16N2O2/c1-5-6-13-8(10(14)15)7-9(12-13)11(2,3)4/h5,7H,1,6H2,2-4H3,(H,14,15). The van der Waals surface area contributed by atoms with Crippen molar-refractivity contribution in [3.63, 3.8) is 0 Å². The molecule has 4 nitrogen and oxygen atoms in total. The molecular formula is C11H16N2O2. The molecule has 1 heterocycles. The lowest BCUT2D eigenvalue weighted by atomic mass is 9.92. The average Bonchev–Trinajstić information content (AvgIpc) is 2.48. The lowest BCUT2D eigenvalue weighted by Gasteiger charge is -2.13. The fourth-order valence-electron chi connectivity index (χ4n) is 1.22. The molecule has 1 rings (SSSR count). The van der Waals surface area contributed by atoms with Gasteiger partial charge in [0.2, 0.25) is 0 Å². The monoisotopic (exact) mass is 208 g/mol. The van der Waals surface area contributed by atoms with Crippen molar-refractivity contribution in [1.29, 1.82) is 0 Å². The van der Waals surface area contributed by atoms with E-state index in [1.54, 1.807) is 12.1 Å². The number of aromatic carboxylic acids is 1. The highest BCUT2D eigenvalue weighted by atomic mass is 16.4. The molecule has 0 spiro atoms. The summed E-state index contributed by atoms with van der Waals surface area (Å²) in [5.41, 5.74) is 0.845. The minimum atomic E-state index is -0.958. The average molecular weight is 208 g/mol. The smallest absolute Gasteiger partial charge is 0.354 e. The first-order valence-electron chi connectivity index (χ1n) is 4.79. The molecule has 0 aromatic carbocycles. The van der Waals surface area contributed by atoms with Gasteiger partial charge in [-0.15, -0.1) is 6.58 Å². The summed E-state index contributed by atoms with van der Waals surface area (Å²) >= 11 is 0. The van der Waals surface area contributed by atoms with Crippen molar-refractivity contribution in [3.8, 4) is 0 Å². The maximum atomic E-state index is 10.9. The van der Waals surface area contributed by atoms with Crippen molar-refractivity contribution in [2.45, 2.75) is 32.7 Å². The van der Waals surface area contributed by atoms with E-state index in [0.717, 1.165) is 5.69 Å². The Morgan fingerprint density at radius 1 is 1.67 bits per heavy atom.